The number of benzene rings is 7. The summed E-state index contributed by atoms with van der Waals surface area (Å²) >= 11 is 1.85. The zero-order valence-electron chi connectivity index (χ0n) is 30.0. The molecule has 0 saturated heterocycles. The molecule has 0 amide bonds. The number of para-hydroxylation sites is 1. The molecule has 56 heavy (non-hydrogen) atoms. The van der Waals surface area contributed by atoms with Gasteiger partial charge in [-0.05, 0) is 41.0 Å². The molecule has 0 unspecified atom stereocenters. The van der Waals surface area contributed by atoms with Crippen LogP contribution in [0.5, 0.6) is 0 Å². The van der Waals surface area contributed by atoms with Gasteiger partial charge >= 0.3 is 0 Å². The molecular formula is C50H31N5S. The van der Waals surface area contributed by atoms with Crippen molar-refractivity contribution in [3.8, 4) is 62.1 Å². The number of nitrogens with zero attached hydrogens (tertiary/aromatic N) is 5. The lowest BCUT2D eigenvalue weighted by atomic mass is 10.0. The summed E-state index contributed by atoms with van der Waals surface area (Å²) in [6, 6.07) is 61.7. The van der Waals surface area contributed by atoms with E-state index in [1.807, 2.05) is 54.1 Å². The van der Waals surface area contributed by atoms with Crippen molar-refractivity contribution in [2.24, 2.45) is 0 Å². The number of thiophene rings is 1. The fourth-order valence-corrected chi connectivity index (χ4v) is 9.15. The fourth-order valence-electron chi connectivity index (χ4n) is 7.92. The first-order chi connectivity index (χ1) is 27.8. The monoisotopic (exact) mass is 733 g/mol. The Hall–Kier alpha value is -7.28. The molecule has 262 valence electrons. The summed E-state index contributed by atoms with van der Waals surface area (Å²) in [7, 11) is 0. The normalized spacial score (nSPS) is 11.6. The molecule has 0 spiro atoms. The van der Waals surface area contributed by atoms with Crippen LogP contribution in [0.1, 0.15) is 0 Å². The van der Waals surface area contributed by atoms with E-state index in [2.05, 4.69) is 155 Å². The lowest BCUT2D eigenvalue weighted by Gasteiger charge is -2.16. The molecule has 0 saturated carbocycles. The molecule has 5 nitrogen and oxygen atoms in total. The molecule has 7 aromatic carbocycles. The number of fused-ring (bicyclic) bond motifs is 6. The van der Waals surface area contributed by atoms with E-state index in [9.17, 15) is 0 Å². The van der Waals surface area contributed by atoms with Gasteiger partial charge in [-0.2, -0.15) is 0 Å². The smallest absolute Gasteiger partial charge is 0.164 e. The second-order valence-corrected chi connectivity index (χ2v) is 14.9. The third-order valence-electron chi connectivity index (χ3n) is 10.6. The van der Waals surface area contributed by atoms with Gasteiger partial charge in [-0.3, -0.25) is 4.98 Å². The molecule has 11 aromatic rings. The third kappa shape index (κ3) is 5.38. The first-order valence-corrected chi connectivity index (χ1v) is 19.4. The second-order valence-electron chi connectivity index (χ2n) is 13.9. The fraction of sp³-hybridized carbons (Fsp3) is 0. The van der Waals surface area contributed by atoms with Gasteiger partial charge in [-0.25, -0.2) is 15.0 Å². The molecule has 0 bridgehead atoms. The van der Waals surface area contributed by atoms with Gasteiger partial charge < -0.3 is 4.57 Å². The van der Waals surface area contributed by atoms with Crippen LogP contribution in [0, 0.1) is 0 Å². The van der Waals surface area contributed by atoms with Crippen LogP contribution < -0.4 is 0 Å². The Balaban J connectivity index is 1.08. The summed E-state index contributed by atoms with van der Waals surface area (Å²) in [6.07, 6.45) is 3.82. The van der Waals surface area contributed by atoms with Crippen LogP contribution in [0.4, 0.5) is 0 Å². The van der Waals surface area contributed by atoms with Crippen LogP contribution in [0.2, 0.25) is 0 Å². The van der Waals surface area contributed by atoms with Crippen molar-refractivity contribution >= 4 is 53.3 Å². The van der Waals surface area contributed by atoms with Crippen molar-refractivity contribution < 1.29 is 0 Å². The van der Waals surface area contributed by atoms with Crippen molar-refractivity contribution in [1.29, 1.82) is 0 Å². The zero-order chi connectivity index (χ0) is 37.0. The van der Waals surface area contributed by atoms with E-state index in [4.69, 9.17) is 15.0 Å². The number of pyridine rings is 1. The van der Waals surface area contributed by atoms with Crippen LogP contribution in [-0.2, 0) is 0 Å². The van der Waals surface area contributed by atoms with Crippen molar-refractivity contribution in [2.45, 2.75) is 0 Å². The molecule has 0 aliphatic carbocycles. The van der Waals surface area contributed by atoms with E-state index in [0.29, 0.717) is 17.5 Å². The predicted octanol–water partition coefficient (Wildman–Crippen LogP) is 13.1. The van der Waals surface area contributed by atoms with Gasteiger partial charge in [0, 0.05) is 65.6 Å². The van der Waals surface area contributed by atoms with Crippen LogP contribution in [0.25, 0.3) is 104 Å². The number of hydrogen-bond donors (Lipinski definition) is 0. The van der Waals surface area contributed by atoms with E-state index >= 15 is 0 Å². The maximum absolute atomic E-state index is 5.19. The highest BCUT2D eigenvalue weighted by atomic mass is 32.1. The Kier molecular flexibility index (Phi) is 7.60. The quantitative estimate of drug-likeness (QED) is 0.171. The van der Waals surface area contributed by atoms with E-state index in [0.717, 1.165) is 60.9 Å². The van der Waals surface area contributed by atoms with Crippen molar-refractivity contribution in [3.63, 3.8) is 0 Å². The Bertz CT molecular complexity index is 3190. The van der Waals surface area contributed by atoms with E-state index in [1.165, 1.54) is 25.7 Å². The predicted molar refractivity (Wildman–Crippen MR) is 232 cm³/mol. The molecule has 0 N–H and O–H groups in total. The molecule has 11 rings (SSSR count). The zero-order valence-corrected chi connectivity index (χ0v) is 30.9. The summed E-state index contributed by atoms with van der Waals surface area (Å²) in [5.41, 5.74) is 10.6. The number of hydrogen-bond acceptors (Lipinski definition) is 5. The van der Waals surface area contributed by atoms with Crippen molar-refractivity contribution in [2.75, 3.05) is 0 Å². The standard InChI is InChI=1S/C50H31N5S/c1-3-12-32(13-4-1)37-27-26-36(30-45(37)55-43-20-9-7-16-39(43)42-31-51-29-28-44(42)55)50-53-48(34-14-5-2-6-15-34)52-49(54-50)35-24-22-33(23-25-35)38-18-11-19-41-40-17-8-10-21-46(40)56-47(38)41/h1-31H. The highest BCUT2D eigenvalue weighted by Crippen LogP contribution is 2.41. The van der Waals surface area contributed by atoms with Crippen LogP contribution in [-0.4, -0.2) is 24.5 Å². The van der Waals surface area contributed by atoms with Crippen molar-refractivity contribution in [3.05, 3.63) is 188 Å². The molecule has 0 aliphatic heterocycles. The minimum absolute atomic E-state index is 0.608. The average Bonchev–Trinajstić information content (AvgIpc) is 3.83. The highest BCUT2D eigenvalue weighted by Gasteiger charge is 2.19. The molecule has 6 heteroatoms. The summed E-state index contributed by atoms with van der Waals surface area (Å²) in [5.74, 6) is 1.86. The summed E-state index contributed by atoms with van der Waals surface area (Å²) < 4.78 is 4.94. The Morgan fingerprint density at radius 1 is 0.393 bits per heavy atom. The largest absolute Gasteiger partial charge is 0.308 e. The van der Waals surface area contributed by atoms with Gasteiger partial charge in [0.1, 0.15) is 0 Å². The van der Waals surface area contributed by atoms with Gasteiger partial charge in [-0.15, -0.1) is 11.3 Å². The topological polar surface area (TPSA) is 56.5 Å². The maximum atomic E-state index is 5.19. The number of aromatic nitrogens is 5. The van der Waals surface area contributed by atoms with Gasteiger partial charge in [0.2, 0.25) is 0 Å². The summed E-state index contributed by atoms with van der Waals surface area (Å²) in [4.78, 5) is 19.9. The minimum Gasteiger partial charge on any atom is -0.308 e. The Morgan fingerprint density at radius 3 is 1.75 bits per heavy atom. The molecule has 0 fully saturated rings. The lowest BCUT2D eigenvalue weighted by Crippen LogP contribution is -2.02. The molecule has 0 aliphatic rings. The third-order valence-corrected chi connectivity index (χ3v) is 11.8. The first kappa shape index (κ1) is 32.2. The summed E-state index contributed by atoms with van der Waals surface area (Å²) in [5, 5.41) is 4.85. The SMILES string of the molecule is c1ccc(-c2nc(-c3ccc(-c4cccc5c4sc4ccccc45)cc3)nc(-c3ccc(-c4ccccc4)c(-n4c5ccccc5c5cnccc54)c3)n2)cc1. The van der Waals surface area contributed by atoms with Crippen LogP contribution >= 0.6 is 11.3 Å². The van der Waals surface area contributed by atoms with Crippen LogP contribution in [0.15, 0.2) is 188 Å². The van der Waals surface area contributed by atoms with Crippen molar-refractivity contribution in [1.82, 2.24) is 24.5 Å². The van der Waals surface area contributed by atoms with Gasteiger partial charge in [-0.1, -0.05) is 152 Å². The lowest BCUT2D eigenvalue weighted by molar-refractivity contribution is 1.07. The second kappa shape index (κ2) is 13.2. The van der Waals surface area contributed by atoms with Gasteiger partial charge in [0.15, 0.2) is 17.5 Å². The Morgan fingerprint density at radius 2 is 0.964 bits per heavy atom. The molecule has 0 radical (unpaired) electrons. The molecule has 0 atom stereocenters. The molecular weight excluding hydrogens is 703 g/mol. The highest BCUT2D eigenvalue weighted by molar-refractivity contribution is 7.26. The van der Waals surface area contributed by atoms with Crippen LogP contribution in [0.3, 0.4) is 0 Å². The Labute approximate surface area is 326 Å². The van der Waals surface area contributed by atoms with E-state index in [1.54, 1.807) is 0 Å². The van der Waals surface area contributed by atoms with Gasteiger partial charge in [0.25, 0.3) is 0 Å². The first-order valence-electron chi connectivity index (χ1n) is 18.6. The molecule has 4 heterocycles. The molecule has 4 aromatic heterocycles. The summed E-state index contributed by atoms with van der Waals surface area (Å²) in [6.45, 7) is 0. The maximum Gasteiger partial charge on any atom is 0.164 e. The average molecular weight is 734 g/mol. The number of rotatable bonds is 6. The van der Waals surface area contributed by atoms with E-state index in [-0.39, 0.29) is 0 Å². The minimum atomic E-state index is 0.608. The van der Waals surface area contributed by atoms with Gasteiger partial charge in [0.05, 0.1) is 16.7 Å². The van der Waals surface area contributed by atoms with E-state index < -0.39 is 0 Å².